The summed E-state index contributed by atoms with van der Waals surface area (Å²) in [6.45, 7) is 9.79. The van der Waals surface area contributed by atoms with E-state index in [9.17, 15) is 4.79 Å². The molecule has 1 N–H and O–H groups in total. The van der Waals surface area contributed by atoms with Gasteiger partial charge in [0.25, 0.3) is 0 Å². The van der Waals surface area contributed by atoms with Crippen LogP contribution in [0.3, 0.4) is 0 Å². The topological polar surface area (TPSA) is 44.7 Å². The normalized spacial score (nSPS) is 32.2. The van der Waals surface area contributed by atoms with Crippen LogP contribution in [-0.4, -0.2) is 46.4 Å². The number of carbonyl (C=O) groups is 1. The molecule has 1 aliphatic carbocycles. The largest absolute Gasteiger partial charge is 0.359 e. The third-order valence-electron chi connectivity index (χ3n) is 4.69. The fraction of sp³-hybridized carbons (Fsp3) is 0.875. The lowest BCUT2D eigenvalue weighted by Gasteiger charge is -2.36. The number of carbonyl (C=O) groups excluding carboxylic acids is 1. The Hall–Kier alpha value is -0.710. The molecule has 2 aliphatic rings. The van der Waals surface area contributed by atoms with E-state index in [1.54, 1.807) is 11.8 Å². The second kappa shape index (κ2) is 7.03. The zero-order valence-corrected chi connectivity index (χ0v) is 14.6. The zero-order chi connectivity index (χ0) is 15.5. The van der Waals surface area contributed by atoms with E-state index >= 15 is 0 Å². The van der Waals surface area contributed by atoms with Crippen molar-refractivity contribution in [3.63, 3.8) is 0 Å². The fourth-order valence-electron chi connectivity index (χ4n) is 3.51. The summed E-state index contributed by atoms with van der Waals surface area (Å²) in [6.07, 6.45) is 5.12. The third-order valence-corrected chi connectivity index (χ3v) is 5.87. The zero-order valence-electron chi connectivity index (χ0n) is 13.8. The molecule has 4 nitrogen and oxygen atoms in total. The first kappa shape index (κ1) is 16.7. The average Bonchev–Trinajstić information content (AvgIpc) is 2.82. The first-order valence-corrected chi connectivity index (χ1v) is 9.26. The van der Waals surface area contributed by atoms with Crippen molar-refractivity contribution >= 4 is 22.8 Å². The van der Waals surface area contributed by atoms with Gasteiger partial charge in [-0.05, 0) is 39.5 Å². The van der Waals surface area contributed by atoms with E-state index in [1.807, 2.05) is 25.7 Å². The second-order valence-electron chi connectivity index (χ2n) is 6.52. The number of likely N-dealkylation sites (N-methyl/N-ethyl adjacent to an activating group) is 1. The van der Waals surface area contributed by atoms with Gasteiger partial charge in [0.1, 0.15) is 6.04 Å². The minimum absolute atomic E-state index is 0.132. The SMILES string of the molecule is CCN(CC)C(=O)C(C)N=C1NC2(CCCC(C)C2)CS1. The van der Waals surface area contributed by atoms with E-state index in [2.05, 4.69) is 17.2 Å². The van der Waals surface area contributed by atoms with Gasteiger partial charge in [0, 0.05) is 24.4 Å². The molecule has 1 saturated heterocycles. The molecule has 1 heterocycles. The van der Waals surface area contributed by atoms with Crippen LogP contribution in [0.1, 0.15) is 53.4 Å². The van der Waals surface area contributed by atoms with Gasteiger partial charge in [0.05, 0.1) is 0 Å². The van der Waals surface area contributed by atoms with Crippen LogP contribution in [-0.2, 0) is 4.79 Å². The summed E-state index contributed by atoms with van der Waals surface area (Å²) < 4.78 is 0. The molecule has 21 heavy (non-hydrogen) atoms. The van der Waals surface area contributed by atoms with E-state index in [4.69, 9.17) is 0 Å². The van der Waals surface area contributed by atoms with Crippen molar-refractivity contribution in [1.82, 2.24) is 10.2 Å². The molecule has 0 aromatic rings. The monoisotopic (exact) mass is 311 g/mol. The molecule has 0 radical (unpaired) electrons. The molecule has 5 heteroatoms. The van der Waals surface area contributed by atoms with Crippen LogP contribution >= 0.6 is 11.8 Å². The molecule has 1 aliphatic heterocycles. The predicted molar refractivity (Wildman–Crippen MR) is 90.8 cm³/mol. The van der Waals surface area contributed by atoms with Gasteiger partial charge in [-0.2, -0.15) is 0 Å². The molecule has 1 amide bonds. The smallest absolute Gasteiger partial charge is 0.247 e. The van der Waals surface area contributed by atoms with Gasteiger partial charge in [-0.3, -0.25) is 4.79 Å². The van der Waals surface area contributed by atoms with Crippen molar-refractivity contribution in [2.75, 3.05) is 18.8 Å². The Kier molecular flexibility index (Phi) is 5.58. The van der Waals surface area contributed by atoms with E-state index < -0.39 is 0 Å². The Labute approximate surface area is 133 Å². The number of thioether (sulfide) groups is 1. The van der Waals surface area contributed by atoms with Gasteiger partial charge in [-0.15, -0.1) is 0 Å². The Balaban J connectivity index is 1.98. The van der Waals surface area contributed by atoms with Gasteiger partial charge in [0.2, 0.25) is 5.91 Å². The van der Waals surface area contributed by atoms with E-state index in [1.165, 1.54) is 25.7 Å². The van der Waals surface area contributed by atoms with Crippen molar-refractivity contribution in [1.29, 1.82) is 0 Å². The molecule has 0 bridgehead atoms. The second-order valence-corrected chi connectivity index (χ2v) is 7.48. The van der Waals surface area contributed by atoms with Crippen LogP contribution in [0.4, 0.5) is 0 Å². The van der Waals surface area contributed by atoms with Crippen molar-refractivity contribution in [2.24, 2.45) is 10.9 Å². The van der Waals surface area contributed by atoms with E-state index in [0.29, 0.717) is 0 Å². The van der Waals surface area contributed by atoms with Crippen LogP contribution < -0.4 is 5.32 Å². The van der Waals surface area contributed by atoms with Crippen LogP contribution in [0.15, 0.2) is 4.99 Å². The standard InChI is InChI=1S/C16H29N3OS/c1-5-19(6-2)14(20)13(4)17-15-18-16(11-21-15)9-7-8-12(3)10-16/h12-13H,5-11H2,1-4H3,(H,17,18). The lowest BCUT2D eigenvalue weighted by molar-refractivity contribution is -0.131. The Morgan fingerprint density at radius 3 is 2.86 bits per heavy atom. The molecule has 0 aromatic heterocycles. The quantitative estimate of drug-likeness (QED) is 0.868. The number of amidine groups is 1. The summed E-state index contributed by atoms with van der Waals surface area (Å²) in [5, 5.41) is 4.61. The molecule has 2 fully saturated rings. The van der Waals surface area contributed by atoms with Crippen LogP contribution in [0.25, 0.3) is 0 Å². The van der Waals surface area contributed by atoms with Crippen molar-refractivity contribution in [3.05, 3.63) is 0 Å². The fourth-order valence-corrected chi connectivity index (χ4v) is 4.78. The lowest BCUT2D eigenvalue weighted by Crippen LogP contribution is -2.47. The van der Waals surface area contributed by atoms with E-state index in [0.717, 1.165) is 29.9 Å². The maximum atomic E-state index is 12.3. The maximum absolute atomic E-state index is 12.3. The number of nitrogens with one attached hydrogen (secondary N) is 1. The highest BCUT2D eigenvalue weighted by molar-refractivity contribution is 8.14. The summed E-state index contributed by atoms with van der Waals surface area (Å²) in [6, 6.07) is -0.281. The Bertz CT molecular complexity index is 408. The summed E-state index contributed by atoms with van der Waals surface area (Å²) in [5.74, 6) is 2.02. The summed E-state index contributed by atoms with van der Waals surface area (Å²) in [5.41, 5.74) is 0.235. The van der Waals surface area contributed by atoms with Gasteiger partial charge in [-0.1, -0.05) is 31.5 Å². The molecule has 120 valence electrons. The number of amides is 1. The molecule has 3 atom stereocenters. The third kappa shape index (κ3) is 3.93. The summed E-state index contributed by atoms with van der Waals surface area (Å²) in [4.78, 5) is 18.8. The van der Waals surface area contributed by atoms with Crippen molar-refractivity contribution < 1.29 is 4.79 Å². The van der Waals surface area contributed by atoms with Gasteiger partial charge in [-0.25, -0.2) is 4.99 Å². The molecule has 3 unspecified atom stereocenters. The maximum Gasteiger partial charge on any atom is 0.247 e. The molecule has 2 rings (SSSR count). The number of rotatable bonds is 4. The Morgan fingerprint density at radius 1 is 1.52 bits per heavy atom. The lowest BCUT2D eigenvalue weighted by atomic mass is 9.78. The van der Waals surface area contributed by atoms with Crippen LogP contribution in [0, 0.1) is 5.92 Å². The van der Waals surface area contributed by atoms with Crippen molar-refractivity contribution in [2.45, 2.75) is 65.0 Å². The molecular weight excluding hydrogens is 282 g/mol. The van der Waals surface area contributed by atoms with Crippen LogP contribution in [0.5, 0.6) is 0 Å². The molecule has 1 spiro atoms. The molecule has 1 saturated carbocycles. The van der Waals surface area contributed by atoms with E-state index in [-0.39, 0.29) is 17.5 Å². The highest BCUT2D eigenvalue weighted by Crippen LogP contribution is 2.38. The summed E-state index contributed by atoms with van der Waals surface area (Å²) >= 11 is 1.79. The van der Waals surface area contributed by atoms with Gasteiger partial charge in [0.15, 0.2) is 5.17 Å². The highest BCUT2D eigenvalue weighted by atomic mass is 32.2. The number of aliphatic imine (C=N–C) groups is 1. The average molecular weight is 311 g/mol. The summed E-state index contributed by atoms with van der Waals surface area (Å²) in [7, 11) is 0. The van der Waals surface area contributed by atoms with Crippen molar-refractivity contribution in [3.8, 4) is 0 Å². The molecule has 0 aromatic carbocycles. The molecular formula is C16H29N3OS. The minimum Gasteiger partial charge on any atom is -0.359 e. The first-order valence-electron chi connectivity index (χ1n) is 8.27. The number of hydrogen-bond donors (Lipinski definition) is 1. The number of nitrogens with zero attached hydrogens (tertiary/aromatic N) is 2. The Morgan fingerprint density at radius 2 is 2.24 bits per heavy atom. The van der Waals surface area contributed by atoms with Gasteiger partial charge < -0.3 is 10.2 Å². The number of hydrogen-bond acceptors (Lipinski definition) is 3. The predicted octanol–water partition coefficient (Wildman–Crippen LogP) is 2.88. The van der Waals surface area contributed by atoms with Gasteiger partial charge >= 0.3 is 0 Å². The van der Waals surface area contributed by atoms with Crippen LogP contribution in [0.2, 0.25) is 0 Å². The first-order chi connectivity index (χ1) is 9.99. The highest BCUT2D eigenvalue weighted by Gasteiger charge is 2.40. The minimum atomic E-state index is -0.281.